The minimum atomic E-state index is -1.89. The fraction of sp³-hybridized carbons (Fsp3) is 0.969. The number of hydroxylamine groups is 2. The monoisotopic (exact) mass is 595 g/mol. The van der Waals surface area contributed by atoms with Crippen molar-refractivity contribution in [2.24, 2.45) is 64.1 Å². The Kier molecular flexibility index (Phi) is 9.53. The smallest absolute Gasteiger partial charge is 0.328 e. The van der Waals surface area contributed by atoms with E-state index in [-0.39, 0.29) is 29.0 Å². The molecule has 0 spiro atoms. The zero-order valence-corrected chi connectivity index (χ0v) is 27.1. The van der Waals surface area contributed by atoms with Gasteiger partial charge in [0.2, 0.25) is 0 Å². The van der Waals surface area contributed by atoms with E-state index < -0.39 is 17.3 Å². The normalized spacial score (nSPS) is 47.6. The summed E-state index contributed by atoms with van der Waals surface area (Å²) in [6.45, 7) is 15.8. The van der Waals surface area contributed by atoms with Crippen LogP contribution in [0.1, 0.15) is 99.3 Å². The van der Waals surface area contributed by atoms with Crippen LogP contribution in [0.3, 0.4) is 0 Å². The van der Waals surface area contributed by atoms with Gasteiger partial charge in [-0.2, -0.15) is 9.35 Å². The summed E-state index contributed by atoms with van der Waals surface area (Å²) in [6, 6.07) is -0.455. The zero-order valence-electron chi connectivity index (χ0n) is 26.3. The third-order valence-electron chi connectivity index (χ3n) is 13.3. The van der Waals surface area contributed by atoms with E-state index in [0.29, 0.717) is 53.9 Å². The molecule has 236 valence electrons. The van der Waals surface area contributed by atoms with E-state index in [1.54, 1.807) is 5.06 Å². The van der Waals surface area contributed by atoms with Crippen LogP contribution in [0.15, 0.2) is 0 Å². The predicted molar refractivity (Wildman–Crippen MR) is 161 cm³/mol. The van der Waals surface area contributed by atoms with Crippen LogP contribution in [-0.2, 0) is 15.6 Å². The van der Waals surface area contributed by atoms with Crippen molar-refractivity contribution in [3.05, 3.63) is 0 Å². The van der Waals surface area contributed by atoms with E-state index in [0.717, 1.165) is 45.2 Å². The lowest BCUT2D eigenvalue weighted by Gasteiger charge is -2.64. The van der Waals surface area contributed by atoms with Gasteiger partial charge in [-0.25, -0.2) is 13.7 Å². The Morgan fingerprint density at radius 2 is 1.68 bits per heavy atom. The van der Waals surface area contributed by atoms with Gasteiger partial charge in [0.15, 0.2) is 0 Å². The van der Waals surface area contributed by atoms with Crippen LogP contribution in [0.25, 0.3) is 0 Å². The van der Waals surface area contributed by atoms with Gasteiger partial charge in [-0.1, -0.05) is 48.0 Å². The Balaban J connectivity index is 1.16. The Bertz CT molecular complexity index is 960. The molecule has 4 saturated carbocycles. The highest BCUT2D eigenvalue weighted by atomic mass is 32.2. The number of fused-ring (bicyclic) bond motifs is 5. The molecule has 8 nitrogen and oxygen atoms in total. The van der Waals surface area contributed by atoms with E-state index in [2.05, 4.69) is 51.6 Å². The van der Waals surface area contributed by atoms with Gasteiger partial charge in [0.1, 0.15) is 0 Å². The van der Waals surface area contributed by atoms with Crippen molar-refractivity contribution in [2.45, 2.75) is 112 Å². The molecule has 0 radical (unpaired) electrons. The Labute approximate surface area is 250 Å². The highest BCUT2D eigenvalue weighted by molar-refractivity contribution is 7.78. The second-order valence-electron chi connectivity index (χ2n) is 15.4. The highest BCUT2D eigenvalue weighted by Crippen LogP contribution is 2.69. The molecule has 4 aliphatic carbocycles. The summed E-state index contributed by atoms with van der Waals surface area (Å²) in [6.07, 6.45) is 8.98. The largest absolute Gasteiger partial charge is 0.393 e. The van der Waals surface area contributed by atoms with Crippen molar-refractivity contribution in [3.8, 4) is 0 Å². The molecule has 0 aromatic heterocycles. The van der Waals surface area contributed by atoms with Crippen LogP contribution in [0.5, 0.6) is 0 Å². The van der Waals surface area contributed by atoms with Gasteiger partial charge in [-0.15, -0.1) is 0 Å². The quantitative estimate of drug-likeness (QED) is 0.313. The third kappa shape index (κ3) is 5.88. The number of aliphatic hydroxyl groups excluding tert-OH is 2. The standard InChI is InChI=1S/C32H57N3O5S/c1-7-23-27-16-22(36)10-13-32(27,6)26-11-14-31(5)24(8-9-25(31)28(26)29(23)37)19(2)12-15-33-30(38)34-41(39)40-35-17-20(3)21(4)18-35/h19-29,36-37H,7-18H2,1-6H3,(H2,33,34,38)/t19-,20?,21?,22-,23-,24-,25+,26+,27+,28+,29-,31-,32-,41?/m1/s1. The molecule has 14 atom stereocenters. The third-order valence-corrected chi connectivity index (χ3v) is 14.0. The maximum absolute atomic E-state index is 12.4. The van der Waals surface area contributed by atoms with Crippen molar-refractivity contribution in [2.75, 3.05) is 19.6 Å². The predicted octanol–water partition coefficient (Wildman–Crippen LogP) is 5.04. The van der Waals surface area contributed by atoms with Crippen molar-refractivity contribution in [1.82, 2.24) is 15.1 Å². The lowest BCUT2D eigenvalue weighted by Crippen LogP contribution is -2.62. The first kappa shape index (κ1) is 31.7. The van der Waals surface area contributed by atoms with Gasteiger partial charge < -0.3 is 15.5 Å². The molecule has 0 aromatic carbocycles. The van der Waals surface area contributed by atoms with E-state index in [1.807, 2.05) is 0 Å². The van der Waals surface area contributed by atoms with E-state index in [4.69, 9.17) is 4.28 Å². The maximum atomic E-state index is 12.4. The molecule has 1 saturated heterocycles. The topological polar surface area (TPSA) is 111 Å². The van der Waals surface area contributed by atoms with Gasteiger partial charge in [-0.05, 0) is 115 Å². The maximum Gasteiger partial charge on any atom is 0.328 e. The summed E-state index contributed by atoms with van der Waals surface area (Å²) in [5.41, 5.74) is 0.431. The minimum Gasteiger partial charge on any atom is -0.393 e. The SMILES string of the molecule is CC[C@H]1[C@@H](O)[C@@H]2[C@H](CC[C@]3(C)[C@@H]([C@H](C)CCNC(=O)NS(=O)ON4CC(C)C(C)C4)CC[C@@H]23)[C@@]2(C)CC[C@@H](O)C[C@@H]12. The second kappa shape index (κ2) is 12.3. The van der Waals surface area contributed by atoms with E-state index in [9.17, 15) is 19.2 Å². The van der Waals surface area contributed by atoms with E-state index >= 15 is 0 Å². The van der Waals surface area contributed by atoms with Crippen molar-refractivity contribution in [3.63, 3.8) is 0 Å². The fourth-order valence-corrected chi connectivity index (χ4v) is 11.5. The Morgan fingerprint density at radius 3 is 2.37 bits per heavy atom. The number of nitrogens with zero attached hydrogens (tertiary/aromatic N) is 1. The molecule has 5 rings (SSSR count). The molecule has 0 aromatic rings. The molecule has 1 aliphatic heterocycles. The summed E-state index contributed by atoms with van der Waals surface area (Å²) < 4.78 is 20.1. The molecule has 1 heterocycles. The lowest BCUT2D eigenvalue weighted by molar-refractivity contribution is -0.203. The van der Waals surface area contributed by atoms with E-state index in [1.165, 1.54) is 25.7 Å². The minimum absolute atomic E-state index is 0.207. The van der Waals surface area contributed by atoms with Gasteiger partial charge in [0, 0.05) is 19.6 Å². The summed E-state index contributed by atoms with van der Waals surface area (Å²) >= 11 is -1.89. The molecule has 2 amide bonds. The van der Waals surface area contributed by atoms with Gasteiger partial charge in [0.25, 0.3) is 11.3 Å². The Morgan fingerprint density at radius 1 is 1.02 bits per heavy atom. The first-order chi connectivity index (χ1) is 19.4. The summed E-state index contributed by atoms with van der Waals surface area (Å²) in [4.78, 5) is 12.4. The summed E-state index contributed by atoms with van der Waals surface area (Å²) in [5.74, 6) is 4.12. The number of rotatable bonds is 8. The lowest BCUT2D eigenvalue weighted by atomic mass is 9.41. The molecule has 41 heavy (non-hydrogen) atoms. The molecule has 3 unspecified atom stereocenters. The van der Waals surface area contributed by atoms with Crippen molar-refractivity contribution in [1.29, 1.82) is 0 Å². The van der Waals surface area contributed by atoms with Crippen molar-refractivity contribution >= 4 is 17.3 Å². The van der Waals surface area contributed by atoms with Gasteiger partial charge >= 0.3 is 6.03 Å². The number of hydrogen-bond donors (Lipinski definition) is 4. The highest BCUT2D eigenvalue weighted by Gasteiger charge is 2.64. The molecule has 4 N–H and O–H groups in total. The summed E-state index contributed by atoms with van der Waals surface area (Å²) in [7, 11) is 0. The Hall–Kier alpha value is -0.740. The zero-order chi connectivity index (χ0) is 29.7. The van der Waals surface area contributed by atoms with Crippen LogP contribution >= 0.6 is 0 Å². The molecule has 9 heteroatoms. The van der Waals surface area contributed by atoms with Crippen LogP contribution in [0.4, 0.5) is 4.79 Å². The number of amides is 2. The molecular weight excluding hydrogens is 538 g/mol. The van der Waals surface area contributed by atoms with Crippen LogP contribution in [-0.4, -0.2) is 57.4 Å². The molecule has 5 fully saturated rings. The fourth-order valence-electron chi connectivity index (χ4n) is 10.9. The molecular formula is C32H57N3O5S. The van der Waals surface area contributed by atoms with Gasteiger partial charge in [-0.3, -0.25) is 0 Å². The number of hydrogen-bond acceptors (Lipinski definition) is 6. The average molecular weight is 596 g/mol. The molecule has 5 aliphatic rings. The first-order valence-electron chi connectivity index (χ1n) is 16.6. The van der Waals surface area contributed by atoms with Crippen LogP contribution < -0.4 is 10.0 Å². The average Bonchev–Trinajstić information content (AvgIpc) is 3.42. The van der Waals surface area contributed by atoms with Crippen LogP contribution in [0, 0.1) is 64.1 Å². The number of nitrogens with one attached hydrogen (secondary N) is 2. The molecule has 0 bridgehead atoms. The number of carbonyl (C=O) groups excluding carboxylic acids is 1. The first-order valence-corrected chi connectivity index (χ1v) is 17.7. The second-order valence-corrected chi connectivity index (χ2v) is 16.2. The van der Waals surface area contributed by atoms with Crippen molar-refractivity contribution < 1.29 is 23.5 Å². The van der Waals surface area contributed by atoms with Gasteiger partial charge in [0.05, 0.1) is 12.2 Å². The number of aliphatic hydroxyl groups is 2. The number of urea groups is 1. The number of carbonyl (C=O) groups is 1. The van der Waals surface area contributed by atoms with Crippen LogP contribution in [0.2, 0.25) is 0 Å². The summed E-state index contributed by atoms with van der Waals surface area (Å²) in [5, 5.41) is 27.0.